The second-order valence-electron chi connectivity index (χ2n) is 7.69. The minimum Gasteiger partial charge on any atom is -0.356 e. The fourth-order valence-corrected chi connectivity index (χ4v) is 4.53. The fraction of sp³-hybridized carbons (Fsp3) is 0.500. The van der Waals surface area contributed by atoms with Gasteiger partial charge in [0.2, 0.25) is 0 Å². The van der Waals surface area contributed by atoms with E-state index in [1.807, 2.05) is 41.4 Å². The molecule has 0 bridgehead atoms. The molecule has 0 N–H and O–H groups in total. The van der Waals surface area contributed by atoms with Gasteiger partial charge in [-0.1, -0.05) is 25.3 Å². The van der Waals surface area contributed by atoms with Crippen LogP contribution in [0, 0.1) is 0 Å². The lowest BCUT2D eigenvalue weighted by Gasteiger charge is -2.34. The summed E-state index contributed by atoms with van der Waals surface area (Å²) >= 11 is 0. The molecule has 0 aromatic carbocycles. The van der Waals surface area contributed by atoms with Gasteiger partial charge < -0.3 is 9.80 Å². The second kappa shape index (κ2) is 8.07. The molecule has 5 heteroatoms. The van der Waals surface area contributed by atoms with Crippen molar-refractivity contribution in [3.05, 3.63) is 54.0 Å². The van der Waals surface area contributed by atoms with E-state index < -0.39 is 0 Å². The molecule has 142 valence electrons. The van der Waals surface area contributed by atoms with Crippen LogP contribution < -0.4 is 4.90 Å². The first-order valence-corrected chi connectivity index (χ1v) is 10.2. The molecule has 5 nitrogen and oxygen atoms in total. The standard InChI is InChI=1S/C22H28N4O/c1-25(17-9-3-2-4-10-17)21-18(11-7-15-24-21)22(27)26-16-8-13-20(26)19-12-5-6-14-23-19/h5-7,11-12,14-15,17,20H,2-4,8-10,13,16H2,1H3. The Labute approximate surface area is 161 Å². The van der Waals surface area contributed by atoms with E-state index in [1.54, 1.807) is 6.20 Å². The highest BCUT2D eigenvalue weighted by Gasteiger charge is 2.33. The van der Waals surface area contributed by atoms with Gasteiger partial charge in [-0.05, 0) is 49.9 Å². The lowest BCUT2D eigenvalue weighted by Crippen LogP contribution is -2.37. The van der Waals surface area contributed by atoms with E-state index in [0.29, 0.717) is 11.6 Å². The van der Waals surface area contributed by atoms with Gasteiger partial charge in [0.05, 0.1) is 17.3 Å². The average Bonchev–Trinajstić information content (AvgIpc) is 3.24. The Hall–Kier alpha value is -2.43. The zero-order valence-corrected chi connectivity index (χ0v) is 16.1. The number of rotatable bonds is 4. The van der Waals surface area contributed by atoms with Crippen molar-refractivity contribution in [2.45, 2.75) is 57.0 Å². The van der Waals surface area contributed by atoms with E-state index in [2.05, 4.69) is 21.9 Å². The first-order valence-electron chi connectivity index (χ1n) is 10.2. The van der Waals surface area contributed by atoms with Gasteiger partial charge in [-0.15, -0.1) is 0 Å². The molecule has 1 aliphatic heterocycles. The minimum atomic E-state index is 0.0618. The highest BCUT2D eigenvalue weighted by Crippen LogP contribution is 2.34. The third-order valence-electron chi connectivity index (χ3n) is 6.02. The van der Waals surface area contributed by atoms with Crippen LogP contribution in [0.15, 0.2) is 42.7 Å². The Balaban J connectivity index is 1.60. The van der Waals surface area contributed by atoms with Gasteiger partial charge in [0.25, 0.3) is 5.91 Å². The summed E-state index contributed by atoms with van der Waals surface area (Å²) in [4.78, 5) is 26.8. The number of aromatic nitrogens is 2. The van der Waals surface area contributed by atoms with E-state index in [9.17, 15) is 4.79 Å². The molecule has 1 atom stereocenters. The van der Waals surface area contributed by atoms with Crippen LogP contribution in [0.2, 0.25) is 0 Å². The van der Waals surface area contributed by atoms with Crippen molar-refractivity contribution < 1.29 is 4.79 Å². The highest BCUT2D eigenvalue weighted by atomic mass is 16.2. The molecule has 27 heavy (non-hydrogen) atoms. The van der Waals surface area contributed by atoms with E-state index in [1.165, 1.54) is 32.1 Å². The van der Waals surface area contributed by atoms with Gasteiger partial charge in [0, 0.05) is 32.0 Å². The molecule has 2 fully saturated rings. The summed E-state index contributed by atoms with van der Waals surface area (Å²) < 4.78 is 0. The first kappa shape index (κ1) is 18.0. The summed E-state index contributed by atoms with van der Waals surface area (Å²) in [5, 5.41) is 0. The molecule has 1 aliphatic carbocycles. The van der Waals surface area contributed by atoms with Crippen molar-refractivity contribution in [2.24, 2.45) is 0 Å². The number of hydrogen-bond donors (Lipinski definition) is 0. The molecule has 1 amide bonds. The van der Waals surface area contributed by atoms with Crippen LogP contribution >= 0.6 is 0 Å². The molecule has 3 heterocycles. The third-order valence-corrected chi connectivity index (χ3v) is 6.02. The summed E-state index contributed by atoms with van der Waals surface area (Å²) in [6.45, 7) is 0.779. The molecule has 2 aromatic heterocycles. The molecule has 4 rings (SSSR count). The maximum Gasteiger partial charge on any atom is 0.258 e. The second-order valence-corrected chi connectivity index (χ2v) is 7.69. The molecule has 1 unspecified atom stereocenters. The number of carbonyl (C=O) groups excluding carboxylic acids is 1. The normalized spacial score (nSPS) is 20.6. The van der Waals surface area contributed by atoms with Crippen molar-refractivity contribution in [3.8, 4) is 0 Å². The van der Waals surface area contributed by atoms with Crippen molar-refractivity contribution in [2.75, 3.05) is 18.5 Å². The van der Waals surface area contributed by atoms with Crippen LogP contribution in [0.1, 0.15) is 67.0 Å². The van der Waals surface area contributed by atoms with Crippen molar-refractivity contribution in [1.29, 1.82) is 0 Å². The van der Waals surface area contributed by atoms with Crippen LogP contribution in [0.3, 0.4) is 0 Å². The molecule has 2 aliphatic rings. The van der Waals surface area contributed by atoms with E-state index in [0.717, 1.165) is 30.9 Å². The van der Waals surface area contributed by atoms with Crippen LogP contribution in [-0.2, 0) is 0 Å². The number of anilines is 1. The summed E-state index contributed by atoms with van der Waals surface area (Å²) in [5.41, 5.74) is 1.70. The Morgan fingerprint density at radius 1 is 1.00 bits per heavy atom. The Morgan fingerprint density at radius 3 is 2.59 bits per heavy atom. The molecule has 1 saturated carbocycles. The SMILES string of the molecule is CN(c1ncccc1C(=O)N1CCCC1c1ccccn1)C1CCCCC1. The van der Waals surface area contributed by atoms with E-state index in [4.69, 9.17) is 0 Å². The quantitative estimate of drug-likeness (QED) is 0.815. The lowest BCUT2D eigenvalue weighted by molar-refractivity contribution is 0.0733. The summed E-state index contributed by atoms with van der Waals surface area (Å²) in [6.07, 6.45) is 11.8. The maximum atomic E-state index is 13.5. The Bertz CT molecular complexity index is 773. The van der Waals surface area contributed by atoms with Crippen molar-refractivity contribution in [3.63, 3.8) is 0 Å². The van der Waals surface area contributed by atoms with Gasteiger partial charge in [0.15, 0.2) is 0 Å². The summed E-state index contributed by atoms with van der Waals surface area (Å²) in [5.74, 6) is 0.898. The topological polar surface area (TPSA) is 49.3 Å². The van der Waals surface area contributed by atoms with E-state index >= 15 is 0 Å². The molecule has 2 aromatic rings. The molecular formula is C22H28N4O. The number of likely N-dealkylation sites (tertiary alicyclic amines) is 1. The minimum absolute atomic E-state index is 0.0618. The van der Waals surface area contributed by atoms with Gasteiger partial charge in [-0.2, -0.15) is 0 Å². The van der Waals surface area contributed by atoms with Crippen LogP contribution in [-0.4, -0.2) is 40.4 Å². The third kappa shape index (κ3) is 3.68. The molecule has 0 spiro atoms. The number of amides is 1. The smallest absolute Gasteiger partial charge is 0.258 e. The summed E-state index contributed by atoms with van der Waals surface area (Å²) in [7, 11) is 2.09. The molecule has 0 radical (unpaired) electrons. The lowest BCUT2D eigenvalue weighted by atomic mass is 9.94. The van der Waals surface area contributed by atoms with Gasteiger partial charge in [0.1, 0.15) is 5.82 Å². The Morgan fingerprint density at radius 2 is 1.81 bits per heavy atom. The predicted molar refractivity (Wildman–Crippen MR) is 107 cm³/mol. The van der Waals surface area contributed by atoms with Crippen LogP contribution in [0.25, 0.3) is 0 Å². The number of hydrogen-bond acceptors (Lipinski definition) is 4. The maximum absolute atomic E-state index is 13.5. The summed E-state index contributed by atoms with van der Waals surface area (Å²) in [6, 6.07) is 10.3. The number of pyridine rings is 2. The van der Waals surface area contributed by atoms with Crippen molar-refractivity contribution >= 4 is 11.7 Å². The highest BCUT2D eigenvalue weighted by molar-refractivity contribution is 5.99. The predicted octanol–water partition coefficient (Wildman–Crippen LogP) is 4.22. The van der Waals surface area contributed by atoms with Crippen LogP contribution in [0.5, 0.6) is 0 Å². The van der Waals surface area contributed by atoms with Gasteiger partial charge in [-0.25, -0.2) is 4.98 Å². The van der Waals surface area contributed by atoms with Gasteiger partial charge in [-0.3, -0.25) is 9.78 Å². The molecule has 1 saturated heterocycles. The Kier molecular flexibility index (Phi) is 5.37. The monoisotopic (exact) mass is 364 g/mol. The van der Waals surface area contributed by atoms with E-state index in [-0.39, 0.29) is 11.9 Å². The fourth-order valence-electron chi connectivity index (χ4n) is 4.53. The zero-order valence-electron chi connectivity index (χ0n) is 16.1. The van der Waals surface area contributed by atoms with Crippen molar-refractivity contribution in [1.82, 2.24) is 14.9 Å². The number of nitrogens with zero attached hydrogens (tertiary/aromatic N) is 4. The largest absolute Gasteiger partial charge is 0.356 e. The zero-order chi connectivity index (χ0) is 18.6. The average molecular weight is 364 g/mol. The van der Waals surface area contributed by atoms with Gasteiger partial charge >= 0.3 is 0 Å². The molecular weight excluding hydrogens is 336 g/mol. The number of carbonyl (C=O) groups is 1. The first-order chi connectivity index (χ1) is 13.3. The van der Waals surface area contributed by atoms with Crippen LogP contribution in [0.4, 0.5) is 5.82 Å².